The molecule has 4 rings (SSSR count). The van der Waals surface area contributed by atoms with Crippen molar-refractivity contribution in [1.82, 2.24) is 9.55 Å². The molecule has 4 nitrogen and oxygen atoms in total. The lowest BCUT2D eigenvalue weighted by atomic mass is 9.91. The fourth-order valence-electron chi connectivity index (χ4n) is 3.98. The van der Waals surface area contributed by atoms with Crippen molar-refractivity contribution in [3.05, 3.63) is 76.8 Å². The number of rotatable bonds is 4. The van der Waals surface area contributed by atoms with Crippen LogP contribution in [-0.2, 0) is 18.3 Å². The van der Waals surface area contributed by atoms with Crippen LogP contribution in [0.2, 0.25) is 0 Å². The van der Waals surface area contributed by atoms with Crippen LogP contribution in [0.15, 0.2) is 52.9 Å². The van der Waals surface area contributed by atoms with Gasteiger partial charge in [-0.25, -0.2) is 4.98 Å². The molecule has 2 aromatic carbocycles. The number of alkyl halides is 9. The van der Waals surface area contributed by atoms with Crippen LogP contribution >= 0.6 is 0 Å². The van der Waals surface area contributed by atoms with Gasteiger partial charge in [-0.2, -0.15) is 39.5 Å². The van der Waals surface area contributed by atoms with Crippen LogP contribution in [0.5, 0.6) is 0 Å². The molecule has 1 N–H and O–H groups in total. The minimum absolute atomic E-state index is 0.0158. The minimum atomic E-state index is -6.01. The van der Waals surface area contributed by atoms with Crippen molar-refractivity contribution in [2.45, 2.75) is 44.5 Å². The first kappa shape index (κ1) is 26.6. The molecule has 2 aromatic heterocycles. The van der Waals surface area contributed by atoms with Gasteiger partial charge in [0, 0.05) is 27.7 Å². The molecule has 0 aliphatic carbocycles. The number of benzene rings is 2. The van der Waals surface area contributed by atoms with E-state index in [1.54, 1.807) is 18.4 Å². The number of hydrogen-bond acceptors (Lipinski definition) is 3. The Morgan fingerprint density at radius 3 is 1.92 bits per heavy atom. The average molecular weight is 536 g/mol. The van der Waals surface area contributed by atoms with Crippen LogP contribution in [0, 0.1) is 13.8 Å². The fourth-order valence-corrected chi connectivity index (χ4v) is 3.98. The fraction of sp³-hybridized carbons (Fsp3) is 0.292. The van der Waals surface area contributed by atoms with Gasteiger partial charge in [0.1, 0.15) is 5.76 Å². The lowest BCUT2D eigenvalue weighted by Gasteiger charge is -2.32. The van der Waals surface area contributed by atoms with Gasteiger partial charge >= 0.3 is 18.5 Å². The summed E-state index contributed by atoms with van der Waals surface area (Å²) in [6.07, 6.45) is -16.5. The zero-order valence-electron chi connectivity index (χ0n) is 19.0. The van der Waals surface area contributed by atoms with Gasteiger partial charge < -0.3 is 14.1 Å². The van der Waals surface area contributed by atoms with Gasteiger partial charge in [-0.15, -0.1) is 0 Å². The Morgan fingerprint density at radius 2 is 1.38 bits per heavy atom. The van der Waals surface area contributed by atoms with Crippen molar-refractivity contribution in [3.8, 4) is 11.5 Å². The van der Waals surface area contributed by atoms with E-state index in [9.17, 15) is 44.6 Å². The molecular weight excluding hydrogens is 519 g/mol. The van der Waals surface area contributed by atoms with Crippen molar-refractivity contribution in [1.29, 1.82) is 0 Å². The Balaban J connectivity index is 1.70. The zero-order chi connectivity index (χ0) is 27.6. The van der Waals surface area contributed by atoms with Crippen LogP contribution in [0.25, 0.3) is 22.4 Å². The third-order valence-corrected chi connectivity index (χ3v) is 6.00. The maximum Gasteiger partial charge on any atom is 0.430 e. The summed E-state index contributed by atoms with van der Waals surface area (Å²) < 4.78 is 125. The molecule has 0 bridgehead atoms. The molecule has 0 aliphatic heterocycles. The number of oxazole rings is 1. The summed E-state index contributed by atoms with van der Waals surface area (Å²) in [5.41, 5.74) is -5.89. The summed E-state index contributed by atoms with van der Waals surface area (Å²) in [6, 6.07) is 7.70. The van der Waals surface area contributed by atoms with E-state index in [0.717, 1.165) is 18.2 Å². The van der Waals surface area contributed by atoms with Crippen molar-refractivity contribution in [2.24, 2.45) is 0 Å². The number of hydrogen-bond donors (Lipinski definition) is 1. The lowest BCUT2D eigenvalue weighted by molar-refractivity contribution is -0.376. The van der Waals surface area contributed by atoms with Crippen molar-refractivity contribution < 1.29 is 49.0 Å². The van der Waals surface area contributed by atoms with Crippen LogP contribution in [0.4, 0.5) is 39.5 Å². The van der Waals surface area contributed by atoms with Gasteiger partial charge in [-0.3, -0.25) is 0 Å². The first-order valence-corrected chi connectivity index (χ1v) is 10.5. The quantitative estimate of drug-likeness (QED) is 0.279. The van der Waals surface area contributed by atoms with Crippen molar-refractivity contribution >= 4 is 10.9 Å². The molecule has 0 saturated heterocycles. The van der Waals surface area contributed by atoms with E-state index < -0.39 is 35.3 Å². The Labute approximate surface area is 202 Å². The molecule has 0 fully saturated rings. The van der Waals surface area contributed by atoms with Crippen molar-refractivity contribution in [3.63, 3.8) is 0 Å². The average Bonchev–Trinajstić information content (AvgIpc) is 3.30. The lowest BCUT2D eigenvalue weighted by Crippen LogP contribution is -2.53. The van der Waals surface area contributed by atoms with E-state index in [1.807, 2.05) is 0 Å². The summed E-state index contributed by atoms with van der Waals surface area (Å²) in [7, 11) is 0. The van der Waals surface area contributed by atoms with Crippen LogP contribution < -0.4 is 0 Å². The van der Waals surface area contributed by atoms with Gasteiger partial charge in [0.25, 0.3) is 5.60 Å². The summed E-state index contributed by atoms with van der Waals surface area (Å²) in [5, 5.41) is 9.71. The van der Waals surface area contributed by atoms with Gasteiger partial charge in [0.2, 0.25) is 5.89 Å². The number of nitrogens with zero attached hydrogens (tertiary/aromatic N) is 2. The highest BCUT2D eigenvalue weighted by atomic mass is 19.4. The van der Waals surface area contributed by atoms with Gasteiger partial charge in [-0.05, 0) is 56.3 Å². The molecule has 0 radical (unpaired) electrons. The van der Waals surface area contributed by atoms with E-state index >= 15 is 0 Å². The molecule has 2 heterocycles. The summed E-state index contributed by atoms with van der Waals surface area (Å²) >= 11 is 0. The highest BCUT2D eigenvalue weighted by Gasteiger charge is 2.71. The third-order valence-electron chi connectivity index (χ3n) is 6.00. The maximum absolute atomic E-state index is 13.3. The van der Waals surface area contributed by atoms with E-state index in [4.69, 9.17) is 4.42 Å². The Kier molecular flexibility index (Phi) is 6.13. The summed E-state index contributed by atoms with van der Waals surface area (Å²) in [6.45, 7) is 3.14. The Morgan fingerprint density at radius 1 is 0.811 bits per heavy atom. The number of fused-ring (bicyclic) bond motifs is 1. The molecule has 0 aliphatic rings. The first-order chi connectivity index (χ1) is 16.9. The molecule has 13 heteroatoms. The van der Waals surface area contributed by atoms with E-state index in [2.05, 4.69) is 4.98 Å². The summed E-state index contributed by atoms with van der Waals surface area (Å²) in [5.74, 6) is 0.319. The SMILES string of the molecule is Cc1nc(-c2ccc(C(F)(F)F)cc2)oc1Cn1c(C)cc2cc(C(O)(C(F)(F)F)C(F)(F)F)ccc21. The normalized spacial score (nSPS) is 13.5. The smallest absolute Gasteiger partial charge is 0.430 e. The standard InChI is InChI=1S/C24H17F9N2O2/c1-12-9-15-10-17(21(36,23(28,29)30)24(31,32)33)7-8-18(15)35(12)11-19-13(2)34-20(37-19)14-3-5-16(6-4-14)22(25,26)27/h3-10,36H,11H2,1-2H3. The van der Waals surface area contributed by atoms with Crippen LogP contribution in [0.1, 0.15) is 28.3 Å². The number of aromatic nitrogens is 2. The predicted octanol–water partition coefficient (Wildman–Crippen LogP) is 7.29. The van der Waals surface area contributed by atoms with E-state index in [0.29, 0.717) is 23.5 Å². The maximum atomic E-state index is 13.3. The Bertz CT molecular complexity index is 1430. The molecule has 37 heavy (non-hydrogen) atoms. The molecular formula is C24H17F9N2O2. The highest BCUT2D eigenvalue weighted by molar-refractivity contribution is 5.82. The number of aliphatic hydroxyl groups is 1. The van der Waals surface area contributed by atoms with Gasteiger partial charge in [0.15, 0.2) is 0 Å². The van der Waals surface area contributed by atoms with Gasteiger partial charge in [0.05, 0.1) is 17.8 Å². The molecule has 0 spiro atoms. The molecule has 4 aromatic rings. The van der Waals surface area contributed by atoms with Crippen molar-refractivity contribution in [2.75, 3.05) is 0 Å². The largest absolute Gasteiger partial charge is 0.439 e. The third kappa shape index (κ3) is 4.56. The van der Waals surface area contributed by atoms with Crippen LogP contribution in [0.3, 0.4) is 0 Å². The second kappa shape index (κ2) is 8.54. The van der Waals surface area contributed by atoms with E-state index in [1.165, 1.54) is 18.2 Å². The summed E-state index contributed by atoms with van der Waals surface area (Å²) in [4.78, 5) is 4.22. The van der Waals surface area contributed by atoms with Crippen LogP contribution in [-0.4, -0.2) is 27.0 Å². The Hall–Kier alpha value is -3.48. The molecule has 0 amide bonds. The predicted molar refractivity (Wildman–Crippen MR) is 113 cm³/mol. The van der Waals surface area contributed by atoms with Gasteiger partial charge in [-0.1, -0.05) is 6.07 Å². The van der Waals surface area contributed by atoms with E-state index in [-0.39, 0.29) is 34.7 Å². The highest BCUT2D eigenvalue weighted by Crippen LogP contribution is 2.50. The number of aryl methyl sites for hydroxylation is 2. The monoisotopic (exact) mass is 536 g/mol. The zero-order valence-corrected chi connectivity index (χ0v) is 19.0. The minimum Gasteiger partial charge on any atom is -0.439 e. The molecule has 0 saturated carbocycles. The second-order valence-electron chi connectivity index (χ2n) is 8.45. The first-order valence-electron chi connectivity index (χ1n) is 10.5. The second-order valence-corrected chi connectivity index (χ2v) is 8.45. The topological polar surface area (TPSA) is 51.2 Å². The number of halogens is 9. The molecule has 198 valence electrons. The molecule has 0 atom stereocenters. The molecule has 0 unspecified atom stereocenters.